The molecule has 0 spiro atoms. The van der Waals surface area contributed by atoms with Gasteiger partial charge in [0.25, 0.3) is 0 Å². The molecule has 0 aliphatic heterocycles. The van der Waals surface area contributed by atoms with Gasteiger partial charge in [-0.15, -0.1) is 0 Å². The number of benzene rings is 1. The fraction of sp³-hybridized carbons (Fsp3) is 0.400. The summed E-state index contributed by atoms with van der Waals surface area (Å²) in [5.41, 5.74) is 0.972. The second-order valence-corrected chi connectivity index (χ2v) is 7.49. The van der Waals surface area contributed by atoms with Crippen LogP contribution in [-0.4, -0.2) is 25.5 Å². The van der Waals surface area contributed by atoms with Crippen molar-refractivity contribution in [1.29, 1.82) is 0 Å². The number of allylic oxidation sites excluding steroid dienone is 1. The zero-order chi connectivity index (χ0) is 15.2. The minimum atomic E-state index is -3.70. The average molecular weight is 307 g/mol. The molecule has 21 heavy (non-hydrogen) atoms. The van der Waals surface area contributed by atoms with Crippen molar-refractivity contribution in [3.63, 3.8) is 0 Å². The number of hydrogen-bond donors (Lipinski definition) is 2. The van der Waals surface area contributed by atoms with Crippen LogP contribution in [0.1, 0.15) is 12.0 Å². The Morgan fingerprint density at radius 1 is 1.19 bits per heavy atom. The van der Waals surface area contributed by atoms with Gasteiger partial charge in [0.05, 0.1) is 10.8 Å². The molecule has 0 amide bonds. The first-order valence-electron chi connectivity index (χ1n) is 6.88. The van der Waals surface area contributed by atoms with E-state index in [1.807, 2.05) is 19.1 Å². The van der Waals surface area contributed by atoms with Crippen molar-refractivity contribution in [1.82, 2.24) is 4.72 Å². The van der Waals surface area contributed by atoms with Crippen molar-refractivity contribution in [3.8, 4) is 0 Å². The lowest BCUT2D eigenvalue weighted by atomic mass is 9.90. The number of fused-ring (bicyclic) bond motifs is 2. The average Bonchev–Trinajstić information content (AvgIpc) is 2.99. The molecule has 0 unspecified atom stereocenters. The predicted molar refractivity (Wildman–Crippen MR) is 77.2 cm³/mol. The zero-order valence-corrected chi connectivity index (χ0v) is 12.4. The maximum Gasteiger partial charge on any atom is 0.308 e. The number of rotatable bonds is 4. The van der Waals surface area contributed by atoms with Gasteiger partial charge in [-0.25, -0.2) is 13.1 Å². The van der Waals surface area contributed by atoms with Crippen LogP contribution in [0.25, 0.3) is 0 Å². The number of aliphatic carboxylic acids is 1. The molecular formula is C15H17NO4S. The van der Waals surface area contributed by atoms with Gasteiger partial charge in [0.2, 0.25) is 10.0 Å². The molecule has 0 aromatic heterocycles. The third-order valence-electron chi connectivity index (χ3n) is 4.37. The molecule has 1 fully saturated rings. The first-order valence-corrected chi connectivity index (χ1v) is 8.37. The van der Waals surface area contributed by atoms with Crippen LogP contribution in [0.3, 0.4) is 0 Å². The number of sulfonamides is 1. The van der Waals surface area contributed by atoms with E-state index in [9.17, 15) is 18.3 Å². The molecule has 3 rings (SSSR count). The molecule has 5 nitrogen and oxygen atoms in total. The van der Waals surface area contributed by atoms with Crippen LogP contribution < -0.4 is 4.72 Å². The van der Waals surface area contributed by atoms with E-state index in [1.54, 1.807) is 12.1 Å². The molecule has 2 N–H and O–H groups in total. The summed E-state index contributed by atoms with van der Waals surface area (Å²) in [6.45, 7) is 1.88. The number of hydrogen-bond acceptors (Lipinski definition) is 3. The first-order chi connectivity index (χ1) is 9.88. The van der Waals surface area contributed by atoms with Gasteiger partial charge in [-0.3, -0.25) is 4.79 Å². The Labute approximate surface area is 123 Å². The van der Waals surface area contributed by atoms with Crippen molar-refractivity contribution in [2.45, 2.75) is 24.3 Å². The number of carboxylic acid groups (broad SMARTS) is 1. The van der Waals surface area contributed by atoms with Crippen LogP contribution in [0, 0.1) is 24.7 Å². The van der Waals surface area contributed by atoms with Crippen LogP contribution in [-0.2, 0) is 14.8 Å². The fourth-order valence-electron chi connectivity index (χ4n) is 3.28. The SMILES string of the molecule is Cc1ccc(S(=O)(=O)N[C@H]2[C@H](C(=O)O)[C@@H]3C=C[C@H]2C3)cc1. The summed E-state index contributed by atoms with van der Waals surface area (Å²) in [6, 6.07) is 5.96. The molecule has 0 radical (unpaired) electrons. The monoisotopic (exact) mass is 307 g/mol. The van der Waals surface area contributed by atoms with E-state index < -0.39 is 28.0 Å². The minimum absolute atomic E-state index is 0.0312. The molecule has 2 aliphatic rings. The van der Waals surface area contributed by atoms with E-state index in [0.717, 1.165) is 5.56 Å². The van der Waals surface area contributed by atoms with Gasteiger partial charge in [-0.2, -0.15) is 0 Å². The molecule has 0 saturated heterocycles. The van der Waals surface area contributed by atoms with E-state index in [0.29, 0.717) is 6.42 Å². The Morgan fingerprint density at radius 2 is 1.81 bits per heavy atom. The third kappa shape index (κ3) is 2.49. The van der Waals surface area contributed by atoms with Crippen molar-refractivity contribution in [2.24, 2.45) is 17.8 Å². The van der Waals surface area contributed by atoms with Crippen molar-refractivity contribution < 1.29 is 18.3 Å². The molecule has 2 bridgehead atoms. The molecule has 6 heteroatoms. The second-order valence-electron chi connectivity index (χ2n) is 5.77. The van der Waals surface area contributed by atoms with Crippen LogP contribution >= 0.6 is 0 Å². The van der Waals surface area contributed by atoms with Gasteiger partial charge < -0.3 is 5.11 Å². The summed E-state index contributed by atoms with van der Waals surface area (Å²) in [6.07, 6.45) is 4.52. The lowest BCUT2D eigenvalue weighted by molar-refractivity contribution is -0.143. The van der Waals surface area contributed by atoms with Gasteiger partial charge in [0, 0.05) is 6.04 Å². The molecule has 1 saturated carbocycles. The highest BCUT2D eigenvalue weighted by Crippen LogP contribution is 2.44. The van der Waals surface area contributed by atoms with Crippen LogP contribution in [0.15, 0.2) is 41.3 Å². The smallest absolute Gasteiger partial charge is 0.308 e. The Hall–Kier alpha value is -1.66. The lowest BCUT2D eigenvalue weighted by Gasteiger charge is -2.25. The highest BCUT2D eigenvalue weighted by Gasteiger charge is 2.49. The van der Waals surface area contributed by atoms with E-state index >= 15 is 0 Å². The number of carboxylic acids is 1. The zero-order valence-electron chi connectivity index (χ0n) is 11.6. The maximum absolute atomic E-state index is 12.4. The van der Waals surface area contributed by atoms with Gasteiger partial charge in [0.15, 0.2) is 0 Å². The van der Waals surface area contributed by atoms with Crippen LogP contribution in [0.5, 0.6) is 0 Å². The summed E-state index contributed by atoms with van der Waals surface area (Å²) >= 11 is 0. The lowest BCUT2D eigenvalue weighted by Crippen LogP contribution is -2.45. The Kier molecular flexibility index (Phi) is 3.37. The van der Waals surface area contributed by atoms with Gasteiger partial charge in [0.1, 0.15) is 0 Å². The number of nitrogens with one attached hydrogen (secondary N) is 1. The highest BCUT2D eigenvalue weighted by molar-refractivity contribution is 7.89. The summed E-state index contributed by atoms with van der Waals surface area (Å²) in [4.78, 5) is 11.6. The Morgan fingerprint density at radius 3 is 2.43 bits per heavy atom. The molecule has 4 atom stereocenters. The van der Waals surface area contributed by atoms with E-state index in [2.05, 4.69) is 4.72 Å². The molecule has 1 aromatic rings. The van der Waals surface area contributed by atoms with Crippen molar-refractivity contribution in [3.05, 3.63) is 42.0 Å². The van der Waals surface area contributed by atoms with Gasteiger partial charge >= 0.3 is 5.97 Å². The fourth-order valence-corrected chi connectivity index (χ4v) is 4.59. The summed E-state index contributed by atoms with van der Waals surface area (Å²) in [7, 11) is -3.70. The van der Waals surface area contributed by atoms with Crippen LogP contribution in [0.4, 0.5) is 0 Å². The maximum atomic E-state index is 12.4. The Balaban J connectivity index is 1.87. The van der Waals surface area contributed by atoms with Crippen molar-refractivity contribution in [2.75, 3.05) is 0 Å². The summed E-state index contributed by atoms with van der Waals surface area (Å²) < 4.78 is 27.4. The van der Waals surface area contributed by atoms with Crippen molar-refractivity contribution >= 4 is 16.0 Å². The van der Waals surface area contributed by atoms with Gasteiger partial charge in [-0.05, 0) is 37.3 Å². The highest BCUT2D eigenvalue weighted by atomic mass is 32.2. The second kappa shape index (κ2) is 4.96. The summed E-state index contributed by atoms with van der Waals surface area (Å²) in [5, 5.41) is 9.34. The molecule has 0 heterocycles. The normalized spacial score (nSPS) is 30.7. The predicted octanol–water partition coefficient (Wildman–Crippen LogP) is 1.55. The Bertz CT molecular complexity index is 693. The number of aryl methyl sites for hydroxylation is 1. The third-order valence-corrected chi connectivity index (χ3v) is 5.84. The van der Waals surface area contributed by atoms with Gasteiger partial charge in [-0.1, -0.05) is 29.8 Å². The first kappa shape index (κ1) is 14.3. The van der Waals surface area contributed by atoms with E-state index in [4.69, 9.17) is 0 Å². The summed E-state index contributed by atoms with van der Waals surface area (Å²) in [5.74, 6) is -1.72. The molecule has 112 valence electrons. The molecule has 2 aliphatic carbocycles. The largest absolute Gasteiger partial charge is 0.481 e. The standard InChI is InChI=1S/C15H17NO4S/c1-9-2-6-12(7-3-9)21(19,20)16-14-11-5-4-10(8-11)13(14)15(17)18/h2-7,10-11,13-14,16H,8H2,1H3,(H,17,18)/t10-,11+,13-,14-/m1/s1. The molecular weight excluding hydrogens is 290 g/mol. The van der Waals surface area contributed by atoms with E-state index in [1.165, 1.54) is 12.1 Å². The number of carbonyl (C=O) groups is 1. The molecule has 1 aromatic carbocycles. The van der Waals surface area contributed by atoms with E-state index in [-0.39, 0.29) is 16.7 Å². The van der Waals surface area contributed by atoms with Crippen LogP contribution in [0.2, 0.25) is 0 Å². The quantitative estimate of drug-likeness (QED) is 0.827. The minimum Gasteiger partial charge on any atom is -0.481 e. The topological polar surface area (TPSA) is 83.5 Å².